The molecule has 0 radical (unpaired) electrons. The van der Waals surface area contributed by atoms with E-state index < -0.39 is 5.60 Å². The highest BCUT2D eigenvalue weighted by Gasteiger charge is 2.27. The van der Waals surface area contributed by atoms with E-state index in [2.05, 4.69) is 17.6 Å². The van der Waals surface area contributed by atoms with Crippen LogP contribution in [0.4, 0.5) is 4.79 Å². The highest BCUT2D eigenvalue weighted by molar-refractivity contribution is 5.68. The molecule has 130 valence electrons. The maximum absolute atomic E-state index is 11.9. The first-order valence-corrected chi connectivity index (χ1v) is 8.47. The Kier molecular flexibility index (Phi) is 7.13. The van der Waals surface area contributed by atoms with Crippen molar-refractivity contribution in [3.05, 3.63) is 0 Å². The maximum Gasteiger partial charge on any atom is 0.408 e. The van der Waals surface area contributed by atoms with Gasteiger partial charge < -0.3 is 20.1 Å². The molecular formula is C17H34N2O3. The minimum Gasteiger partial charge on any atom is -0.444 e. The van der Waals surface area contributed by atoms with Crippen LogP contribution in [-0.2, 0) is 9.47 Å². The van der Waals surface area contributed by atoms with Crippen molar-refractivity contribution < 1.29 is 14.3 Å². The molecule has 0 saturated carbocycles. The fourth-order valence-electron chi connectivity index (χ4n) is 2.61. The summed E-state index contributed by atoms with van der Waals surface area (Å²) in [5.74, 6) is 0. The highest BCUT2D eigenvalue weighted by Crippen LogP contribution is 2.18. The molecule has 22 heavy (non-hydrogen) atoms. The molecule has 2 unspecified atom stereocenters. The standard InChI is InChI=1S/C17H34N2O3/c1-7-8-14-11-13(9-10-21-14)18-12-17(5,6)19-15(20)22-16(2,3)4/h13-14,18H,7-12H2,1-6H3,(H,19,20). The summed E-state index contributed by atoms with van der Waals surface area (Å²) in [7, 11) is 0. The van der Waals surface area contributed by atoms with Gasteiger partial charge in [0.25, 0.3) is 0 Å². The Labute approximate surface area is 135 Å². The number of alkyl carbamates (subject to hydrolysis) is 1. The normalized spacial score (nSPS) is 23.2. The largest absolute Gasteiger partial charge is 0.444 e. The minimum absolute atomic E-state index is 0.346. The average Bonchev–Trinajstić information content (AvgIpc) is 2.34. The van der Waals surface area contributed by atoms with Crippen molar-refractivity contribution in [2.45, 2.75) is 90.5 Å². The third kappa shape index (κ3) is 7.99. The molecule has 0 spiro atoms. The van der Waals surface area contributed by atoms with E-state index in [4.69, 9.17) is 9.47 Å². The van der Waals surface area contributed by atoms with Gasteiger partial charge in [0.1, 0.15) is 5.60 Å². The van der Waals surface area contributed by atoms with Gasteiger partial charge in [0.2, 0.25) is 0 Å². The summed E-state index contributed by atoms with van der Waals surface area (Å²) >= 11 is 0. The van der Waals surface area contributed by atoms with Crippen molar-refractivity contribution in [2.75, 3.05) is 13.2 Å². The number of carbonyl (C=O) groups excluding carboxylic acids is 1. The van der Waals surface area contributed by atoms with Gasteiger partial charge in [-0.2, -0.15) is 0 Å². The molecule has 0 aromatic heterocycles. The van der Waals surface area contributed by atoms with Gasteiger partial charge in [0.15, 0.2) is 0 Å². The molecule has 2 N–H and O–H groups in total. The topological polar surface area (TPSA) is 59.6 Å². The summed E-state index contributed by atoms with van der Waals surface area (Å²) in [6.45, 7) is 13.3. The molecule has 1 amide bonds. The number of amides is 1. The predicted octanol–water partition coefficient (Wildman–Crippen LogP) is 3.23. The van der Waals surface area contributed by atoms with Crippen molar-refractivity contribution in [1.29, 1.82) is 0 Å². The van der Waals surface area contributed by atoms with Crippen molar-refractivity contribution in [3.8, 4) is 0 Å². The lowest BCUT2D eigenvalue weighted by Crippen LogP contribution is -2.54. The number of carbonyl (C=O) groups is 1. The van der Waals surface area contributed by atoms with Crippen LogP contribution in [0, 0.1) is 0 Å². The molecule has 1 aliphatic rings. The van der Waals surface area contributed by atoms with Gasteiger partial charge in [0.05, 0.1) is 11.6 Å². The second-order valence-corrected chi connectivity index (χ2v) is 7.89. The third-order valence-electron chi connectivity index (χ3n) is 3.65. The molecule has 1 rings (SSSR count). The van der Waals surface area contributed by atoms with Crippen molar-refractivity contribution in [3.63, 3.8) is 0 Å². The fraction of sp³-hybridized carbons (Fsp3) is 0.941. The smallest absolute Gasteiger partial charge is 0.408 e. The van der Waals surface area contributed by atoms with Crippen molar-refractivity contribution in [2.24, 2.45) is 0 Å². The van der Waals surface area contributed by atoms with E-state index in [-0.39, 0.29) is 11.6 Å². The molecular weight excluding hydrogens is 280 g/mol. The molecule has 5 nitrogen and oxygen atoms in total. The Morgan fingerprint density at radius 1 is 1.27 bits per heavy atom. The molecule has 1 fully saturated rings. The molecule has 0 aromatic rings. The lowest BCUT2D eigenvalue weighted by atomic mass is 9.98. The zero-order valence-corrected chi connectivity index (χ0v) is 15.1. The van der Waals surface area contributed by atoms with Crippen LogP contribution < -0.4 is 10.6 Å². The Morgan fingerprint density at radius 2 is 1.95 bits per heavy atom. The summed E-state index contributed by atoms with van der Waals surface area (Å²) < 4.78 is 11.1. The molecule has 1 aliphatic heterocycles. The first-order chi connectivity index (χ1) is 10.1. The van der Waals surface area contributed by atoms with Crippen LogP contribution in [0.3, 0.4) is 0 Å². The van der Waals surface area contributed by atoms with E-state index in [1.165, 1.54) is 0 Å². The van der Waals surface area contributed by atoms with Crippen LogP contribution in [0.25, 0.3) is 0 Å². The zero-order chi connectivity index (χ0) is 16.8. The van der Waals surface area contributed by atoms with Gasteiger partial charge in [-0.25, -0.2) is 4.79 Å². The summed E-state index contributed by atoms with van der Waals surface area (Å²) in [6, 6.07) is 0.463. The summed E-state index contributed by atoms with van der Waals surface area (Å²) in [5.41, 5.74) is -0.817. The molecule has 0 aliphatic carbocycles. The molecule has 1 heterocycles. The Balaban J connectivity index is 2.36. The predicted molar refractivity (Wildman–Crippen MR) is 89.1 cm³/mol. The van der Waals surface area contributed by atoms with Gasteiger partial charge >= 0.3 is 6.09 Å². The zero-order valence-electron chi connectivity index (χ0n) is 15.1. The monoisotopic (exact) mass is 314 g/mol. The maximum atomic E-state index is 11.9. The van der Waals surface area contributed by atoms with Gasteiger partial charge in [-0.1, -0.05) is 13.3 Å². The van der Waals surface area contributed by atoms with E-state index in [1.54, 1.807) is 0 Å². The van der Waals surface area contributed by atoms with Crippen LogP contribution in [-0.4, -0.2) is 42.5 Å². The second-order valence-electron chi connectivity index (χ2n) is 7.89. The SMILES string of the molecule is CCCC1CC(NCC(C)(C)NC(=O)OC(C)(C)C)CCO1. The van der Waals surface area contributed by atoms with Crippen LogP contribution in [0.2, 0.25) is 0 Å². The van der Waals surface area contributed by atoms with E-state index in [0.717, 1.165) is 38.8 Å². The Hall–Kier alpha value is -0.810. The number of ether oxygens (including phenoxy) is 2. The molecule has 1 saturated heterocycles. The van der Waals surface area contributed by atoms with Crippen LogP contribution in [0.1, 0.15) is 67.2 Å². The van der Waals surface area contributed by atoms with E-state index in [1.807, 2.05) is 34.6 Å². The van der Waals surface area contributed by atoms with E-state index in [0.29, 0.717) is 12.1 Å². The number of nitrogens with one attached hydrogen (secondary N) is 2. The summed E-state index contributed by atoms with van der Waals surface area (Å²) in [6.07, 6.45) is 4.37. The number of rotatable bonds is 6. The first-order valence-electron chi connectivity index (χ1n) is 8.47. The minimum atomic E-state index is -0.471. The first kappa shape index (κ1) is 19.2. The Bertz CT molecular complexity index is 348. The van der Waals surface area contributed by atoms with Gasteiger partial charge in [0, 0.05) is 19.2 Å². The van der Waals surface area contributed by atoms with E-state index >= 15 is 0 Å². The van der Waals surface area contributed by atoms with Crippen molar-refractivity contribution >= 4 is 6.09 Å². The lowest BCUT2D eigenvalue weighted by molar-refractivity contribution is -0.00430. The van der Waals surface area contributed by atoms with Crippen LogP contribution in [0.5, 0.6) is 0 Å². The van der Waals surface area contributed by atoms with Gasteiger partial charge in [-0.3, -0.25) is 0 Å². The molecule has 0 bridgehead atoms. The fourth-order valence-corrected chi connectivity index (χ4v) is 2.61. The molecule has 2 atom stereocenters. The van der Waals surface area contributed by atoms with Crippen molar-refractivity contribution in [1.82, 2.24) is 10.6 Å². The number of hydrogen-bond donors (Lipinski definition) is 2. The van der Waals surface area contributed by atoms with E-state index in [9.17, 15) is 4.79 Å². The number of hydrogen-bond acceptors (Lipinski definition) is 4. The highest BCUT2D eigenvalue weighted by atomic mass is 16.6. The van der Waals surface area contributed by atoms with Crippen LogP contribution in [0.15, 0.2) is 0 Å². The third-order valence-corrected chi connectivity index (χ3v) is 3.65. The van der Waals surface area contributed by atoms with Gasteiger partial charge in [-0.05, 0) is 53.9 Å². The Morgan fingerprint density at radius 3 is 2.55 bits per heavy atom. The molecule has 0 aromatic carbocycles. The van der Waals surface area contributed by atoms with Gasteiger partial charge in [-0.15, -0.1) is 0 Å². The summed E-state index contributed by atoms with van der Waals surface area (Å²) in [5, 5.41) is 6.50. The second kappa shape index (κ2) is 8.16. The quantitative estimate of drug-likeness (QED) is 0.790. The average molecular weight is 314 g/mol. The summed E-state index contributed by atoms with van der Waals surface area (Å²) in [4.78, 5) is 11.9. The lowest BCUT2D eigenvalue weighted by Gasteiger charge is -2.34. The van der Waals surface area contributed by atoms with Crippen LogP contribution >= 0.6 is 0 Å². The molecule has 5 heteroatoms.